The summed E-state index contributed by atoms with van der Waals surface area (Å²) in [5.41, 5.74) is 0.887. The summed E-state index contributed by atoms with van der Waals surface area (Å²) in [5, 5.41) is 9.03. The summed E-state index contributed by atoms with van der Waals surface area (Å²) in [4.78, 5) is 4.11. The quantitative estimate of drug-likeness (QED) is 0.833. The van der Waals surface area contributed by atoms with E-state index in [0.29, 0.717) is 17.0 Å². The molecule has 7 heteroatoms. The zero-order chi connectivity index (χ0) is 15.5. The molecule has 110 valence electrons. The van der Waals surface area contributed by atoms with Crippen molar-refractivity contribution in [1.82, 2.24) is 13.9 Å². The van der Waals surface area contributed by atoms with Gasteiger partial charge in [0.1, 0.15) is 5.82 Å². The number of sulfonamides is 1. The third kappa shape index (κ3) is 3.48. The molecule has 2 aromatic rings. The van der Waals surface area contributed by atoms with Crippen LogP contribution in [0.2, 0.25) is 0 Å². The van der Waals surface area contributed by atoms with Gasteiger partial charge in [0.2, 0.25) is 10.0 Å². The zero-order valence-electron chi connectivity index (χ0n) is 11.9. The normalized spacial score (nSPS) is 11.5. The molecule has 1 heterocycles. The molecule has 0 aliphatic rings. The molecule has 6 nitrogen and oxygen atoms in total. The van der Waals surface area contributed by atoms with Gasteiger partial charge in [-0.2, -0.15) is 9.57 Å². The highest BCUT2D eigenvalue weighted by molar-refractivity contribution is 7.88. The topological polar surface area (TPSA) is 79.0 Å². The molecule has 0 aliphatic carbocycles. The molecule has 1 aromatic carbocycles. The van der Waals surface area contributed by atoms with Crippen LogP contribution in [0, 0.1) is 11.3 Å². The molecule has 0 bridgehead atoms. The SMILES string of the molecule is CN(Cc1nccn1C)S(=O)(=O)Cc1ccccc1C#N. The number of aromatic nitrogens is 2. The monoisotopic (exact) mass is 304 g/mol. The first-order valence-corrected chi connectivity index (χ1v) is 7.93. The van der Waals surface area contributed by atoms with Gasteiger partial charge >= 0.3 is 0 Å². The van der Waals surface area contributed by atoms with E-state index in [9.17, 15) is 8.42 Å². The number of hydrogen-bond donors (Lipinski definition) is 0. The molecular weight excluding hydrogens is 288 g/mol. The fourth-order valence-electron chi connectivity index (χ4n) is 1.91. The van der Waals surface area contributed by atoms with Crippen LogP contribution in [0.25, 0.3) is 0 Å². The van der Waals surface area contributed by atoms with Crippen LogP contribution in [-0.4, -0.2) is 29.3 Å². The maximum atomic E-state index is 12.4. The van der Waals surface area contributed by atoms with Crippen molar-refractivity contribution in [2.24, 2.45) is 7.05 Å². The number of imidazole rings is 1. The molecular formula is C14H16N4O2S. The van der Waals surface area contributed by atoms with E-state index in [0.717, 1.165) is 0 Å². The van der Waals surface area contributed by atoms with Crippen LogP contribution in [0.1, 0.15) is 17.0 Å². The predicted octanol–water partition coefficient (Wildman–Crippen LogP) is 1.25. The standard InChI is InChI=1S/C14H16N4O2S/c1-17-8-7-16-14(17)10-18(2)21(19,20)11-13-6-4-3-5-12(13)9-15/h3-8H,10-11H2,1-2H3. The predicted molar refractivity (Wildman–Crippen MR) is 78.5 cm³/mol. The first-order valence-electron chi connectivity index (χ1n) is 6.32. The average Bonchev–Trinajstić information content (AvgIpc) is 2.84. The van der Waals surface area contributed by atoms with Crippen LogP contribution < -0.4 is 0 Å². The summed E-state index contributed by atoms with van der Waals surface area (Å²) in [6, 6.07) is 8.73. The van der Waals surface area contributed by atoms with E-state index >= 15 is 0 Å². The Morgan fingerprint density at radius 3 is 2.71 bits per heavy atom. The van der Waals surface area contributed by atoms with E-state index in [-0.39, 0.29) is 12.3 Å². The Kier molecular flexibility index (Phi) is 4.40. The second-order valence-corrected chi connectivity index (χ2v) is 6.81. The van der Waals surface area contributed by atoms with Crippen molar-refractivity contribution in [3.63, 3.8) is 0 Å². The summed E-state index contributed by atoms with van der Waals surface area (Å²) >= 11 is 0. The Labute approximate surface area is 124 Å². The van der Waals surface area contributed by atoms with Crippen LogP contribution in [0.4, 0.5) is 0 Å². The maximum absolute atomic E-state index is 12.4. The van der Waals surface area contributed by atoms with Crippen LogP contribution in [0.3, 0.4) is 0 Å². The van der Waals surface area contributed by atoms with E-state index in [1.54, 1.807) is 41.2 Å². The van der Waals surface area contributed by atoms with E-state index < -0.39 is 10.0 Å². The minimum atomic E-state index is -3.51. The molecule has 0 amide bonds. The minimum Gasteiger partial charge on any atom is -0.337 e. The molecule has 0 radical (unpaired) electrons. The van der Waals surface area contributed by atoms with Crippen molar-refractivity contribution in [1.29, 1.82) is 5.26 Å². The molecule has 0 atom stereocenters. The second kappa shape index (κ2) is 6.08. The molecule has 0 unspecified atom stereocenters. The van der Waals surface area contributed by atoms with Crippen LogP contribution in [-0.2, 0) is 29.4 Å². The van der Waals surface area contributed by atoms with Gasteiger partial charge in [-0.05, 0) is 11.6 Å². The molecule has 2 rings (SSSR count). The lowest BCUT2D eigenvalue weighted by Crippen LogP contribution is -2.29. The Morgan fingerprint density at radius 1 is 1.38 bits per heavy atom. The number of hydrogen-bond acceptors (Lipinski definition) is 4. The smallest absolute Gasteiger partial charge is 0.218 e. The summed E-state index contributed by atoms with van der Waals surface area (Å²) in [7, 11) is -0.184. The van der Waals surface area contributed by atoms with Crippen LogP contribution in [0.5, 0.6) is 0 Å². The molecule has 0 aliphatic heterocycles. The van der Waals surface area contributed by atoms with Crippen LogP contribution in [0.15, 0.2) is 36.7 Å². The van der Waals surface area contributed by atoms with Gasteiger partial charge in [0.05, 0.1) is 23.9 Å². The van der Waals surface area contributed by atoms with Crippen molar-refractivity contribution in [2.45, 2.75) is 12.3 Å². The summed E-state index contributed by atoms with van der Waals surface area (Å²) < 4.78 is 27.8. The van der Waals surface area contributed by atoms with Gasteiger partial charge in [-0.1, -0.05) is 18.2 Å². The Hall–Kier alpha value is -2.17. The lowest BCUT2D eigenvalue weighted by atomic mass is 10.1. The minimum absolute atomic E-state index is 0.195. The van der Waals surface area contributed by atoms with E-state index in [1.807, 2.05) is 13.1 Å². The summed E-state index contributed by atoms with van der Waals surface area (Å²) in [5.74, 6) is 0.465. The van der Waals surface area contributed by atoms with Gasteiger partial charge in [0.15, 0.2) is 0 Å². The Morgan fingerprint density at radius 2 is 2.10 bits per heavy atom. The fourth-order valence-corrected chi connectivity index (χ4v) is 3.09. The van der Waals surface area contributed by atoms with Gasteiger partial charge < -0.3 is 4.57 Å². The first-order chi connectivity index (χ1) is 9.94. The maximum Gasteiger partial charge on any atom is 0.218 e. The lowest BCUT2D eigenvalue weighted by molar-refractivity contribution is 0.450. The summed E-state index contributed by atoms with van der Waals surface area (Å²) in [6.07, 6.45) is 3.39. The Bertz CT molecular complexity index is 774. The van der Waals surface area contributed by atoms with Gasteiger partial charge in [-0.25, -0.2) is 13.4 Å². The van der Waals surface area contributed by atoms with Crippen molar-refractivity contribution < 1.29 is 8.42 Å². The van der Waals surface area contributed by atoms with Gasteiger partial charge in [0.25, 0.3) is 0 Å². The van der Waals surface area contributed by atoms with Crippen molar-refractivity contribution in [2.75, 3.05) is 7.05 Å². The van der Waals surface area contributed by atoms with Gasteiger partial charge in [-0.15, -0.1) is 0 Å². The average molecular weight is 304 g/mol. The third-order valence-corrected chi connectivity index (χ3v) is 4.99. The van der Waals surface area contributed by atoms with Crippen molar-refractivity contribution >= 4 is 10.0 Å². The van der Waals surface area contributed by atoms with E-state index in [2.05, 4.69) is 4.98 Å². The summed E-state index contributed by atoms with van der Waals surface area (Å²) in [6.45, 7) is 0.195. The molecule has 0 fully saturated rings. The highest BCUT2D eigenvalue weighted by Crippen LogP contribution is 2.15. The van der Waals surface area contributed by atoms with E-state index in [1.165, 1.54) is 11.4 Å². The lowest BCUT2D eigenvalue weighted by Gasteiger charge is -2.17. The van der Waals surface area contributed by atoms with Crippen molar-refractivity contribution in [3.8, 4) is 6.07 Å². The first kappa shape index (κ1) is 15.2. The van der Waals surface area contributed by atoms with Gasteiger partial charge in [-0.3, -0.25) is 0 Å². The molecule has 0 saturated heterocycles. The zero-order valence-corrected chi connectivity index (χ0v) is 12.7. The Balaban J connectivity index is 2.18. The second-order valence-electron chi connectivity index (χ2n) is 4.74. The molecule has 0 spiro atoms. The molecule has 21 heavy (non-hydrogen) atoms. The number of nitriles is 1. The third-order valence-electron chi connectivity index (χ3n) is 3.24. The largest absolute Gasteiger partial charge is 0.337 e. The van der Waals surface area contributed by atoms with Gasteiger partial charge in [0, 0.05) is 26.5 Å². The van der Waals surface area contributed by atoms with Crippen molar-refractivity contribution in [3.05, 3.63) is 53.6 Å². The van der Waals surface area contributed by atoms with Crippen LogP contribution >= 0.6 is 0 Å². The highest BCUT2D eigenvalue weighted by Gasteiger charge is 2.21. The molecule has 1 aromatic heterocycles. The fraction of sp³-hybridized carbons (Fsp3) is 0.286. The number of rotatable bonds is 5. The molecule has 0 saturated carbocycles. The van der Waals surface area contributed by atoms with E-state index in [4.69, 9.17) is 5.26 Å². The number of nitrogens with zero attached hydrogens (tertiary/aromatic N) is 4. The molecule has 0 N–H and O–H groups in total. The number of benzene rings is 1. The number of aryl methyl sites for hydroxylation is 1. The highest BCUT2D eigenvalue weighted by atomic mass is 32.2.